The molecule has 2 rings (SSSR count). The molecule has 1 aromatic heterocycles. The maximum absolute atomic E-state index is 5.71. The van der Waals surface area contributed by atoms with Crippen molar-refractivity contribution in [3.05, 3.63) is 45.1 Å². The van der Waals surface area contributed by atoms with Crippen LogP contribution in [0.25, 0.3) is 0 Å². The average molecular weight is 313 g/mol. The molecule has 0 amide bonds. The molecule has 90 valence electrons. The molecule has 17 heavy (non-hydrogen) atoms. The lowest BCUT2D eigenvalue weighted by atomic mass is 10.2. The first-order valence-corrected chi connectivity index (χ1v) is 7.00. The van der Waals surface area contributed by atoms with Gasteiger partial charge in [-0.3, -0.25) is 0 Å². The summed E-state index contributed by atoms with van der Waals surface area (Å²) in [5.41, 5.74) is 1.32. The summed E-state index contributed by atoms with van der Waals surface area (Å²) in [5, 5.41) is 4.23. The minimum absolute atomic E-state index is 0.682. The van der Waals surface area contributed by atoms with Gasteiger partial charge >= 0.3 is 0 Å². The highest BCUT2D eigenvalue weighted by Crippen LogP contribution is 2.29. The number of methoxy groups -OCH3 is 1. The lowest BCUT2D eigenvalue weighted by Crippen LogP contribution is -2.01. The van der Waals surface area contributed by atoms with Gasteiger partial charge in [0.2, 0.25) is 0 Å². The smallest absolute Gasteiger partial charge is 0.133 e. The molecule has 0 atom stereocenters. The Morgan fingerprint density at radius 3 is 2.82 bits per heavy atom. The second-order valence-corrected chi connectivity index (χ2v) is 5.16. The quantitative estimate of drug-likeness (QED) is 0.826. The van der Waals surface area contributed by atoms with Crippen molar-refractivity contribution in [2.24, 2.45) is 0 Å². The molecule has 1 heterocycles. The lowest BCUT2D eigenvalue weighted by molar-refractivity contribution is 0.319. The highest BCUT2D eigenvalue weighted by atomic mass is 79.9. The minimum Gasteiger partial charge on any atom is -0.497 e. The van der Waals surface area contributed by atoms with E-state index in [1.54, 1.807) is 18.4 Å². The Bertz CT molecular complexity index is 468. The second-order valence-electron chi connectivity index (χ2n) is 3.53. The van der Waals surface area contributed by atoms with E-state index in [-0.39, 0.29) is 0 Å². The predicted octanol–water partition coefficient (Wildman–Crippen LogP) is 4.14. The monoisotopic (exact) mass is 312 g/mol. The second kappa shape index (κ2) is 6.07. The van der Waals surface area contributed by atoms with Crippen LogP contribution in [0.4, 0.5) is 0 Å². The molecule has 0 fully saturated rings. The molecular formula is C13H13BrO2S. The van der Waals surface area contributed by atoms with E-state index in [1.165, 1.54) is 5.56 Å². The van der Waals surface area contributed by atoms with Gasteiger partial charge in [-0.15, -0.1) is 0 Å². The van der Waals surface area contributed by atoms with Gasteiger partial charge in [0.15, 0.2) is 0 Å². The first-order chi connectivity index (χ1) is 8.29. The molecule has 0 N–H and O–H groups in total. The van der Waals surface area contributed by atoms with Gasteiger partial charge in [0.25, 0.3) is 0 Å². The summed E-state index contributed by atoms with van der Waals surface area (Å²) in [5.74, 6) is 1.67. The summed E-state index contributed by atoms with van der Waals surface area (Å²) in [6.07, 6.45) is 0.933. The SMILES string of the molecule is COc1ccc(OCCc2ccsc2)c(Br)c1. The maximum atomic E-state index is 5.71. The van der Waals surface area contributed by atoms with Crippen molar-refractivity contribution < 1.29 is 9.47 Å². The number of hydrogen-bond donors (Lipinski definition) is 0. The molecular weight excluding hydrogens is 300 g/mol. The molecule has 2 aromatic rings. The van der Waals surface area contributed by atoms with Crippen molar-refractivity contribution in [2.75, 3.05) is 13.7 Å². The van der Waals surface area contributed by atoms with Crippen molar-refractivity contribution in [1.82, 2.24) is 0 Å². The average Bonchev–Trinajstić information content (AvgIpc) is 2.84. The van der Waals surface area contributed by atoms with Gasteiger partial charge in [-0.1, -0.05) is 0 Å². The minimum atomic E-state index is 0.682. The number of rotatable bonds is 5. The Labute approximate surface area is 113 Å². The topological polar surface area (TPSA) is 18.5 Å². The zero-order chi connectivity index (χ0) is 12.1. The van der Waals surface area contributed by atoms with E-state index in [9.17, 15) is 0 Å². The third-order valence-electron chi connectivity index (χ3n) is 2.37. The van der Waals surface area contributed by atoms with Gasteiger partial charge in [0.05, 0.1) is 18.2 Å². The predicted molar refractivity (Wildman–Crippen MR) is 74.2 cm³/mol. The number of halogens is 1. The fourth-order valence-electron chi connectivity index (χ4n) is 1.44. The standard InChI is InChI=1S/C13H13BrO2S/c1-15-11-2-3-13(12(14)8-11)16-6-4-10-5-7-17-9-10/h2-3,5,7-9H,4,6H2,1H3. The molecule has 0 bridgehead atoms. The highest BCUT2D eigenvalue weighted by Gasteiger charge is 2.03. The molecule has 0 radical (unpaired) electrons. The largest absolute Gasteiger partial charge is 0.497 e. The number of ether oxygens (including phenoxy) is 2. The fraction of sp³-hybridized carbons (Fsp3) is 0.231. The number of hydrogen-bond acceptors (Lipinski definition) is 3. The fourth-order valence-corrected chi connectivity index (χ4v) is 2.61. The molecule has 0 saturated carbocycles. The van der Waals surface area contributed by atoms with Crippen molar-refractivity contribution in [3.63, 3.8) is 0 Å². The lowest BCUT2D eigenvalue weighted by Gasteiger charge is -2.08. The van der Waals surface area contributed by atoms with E-state index < -0.39 is 0 Å². The van der Waals surface area contributed by atoms with Crippen LogP contribution in [0.1, 0.15) is 5.56 Å². The summed E-state index contributed by atoms with van der Waals surface area (Å²) >= 11 is 5.18. The van der Waals surface area contributed by atoms with Gasteiger partial charge in [-0.05, 0) is 56.5 Å². The molecule has 0 spiro atoms. The maximum Gasteiger partial charge on any atom is 0.133 e. The summed E-state index contributed by atoms with van der Waals surface area (Å²) in [6, 6.07) is 7.83. The van der Waals surface area contributed by atoms with Crippen LogP contribution in [-0.2, 0) is 6.42 Å². The molecule has 0 aliphatic rings. The summed E-state index contributed by atoms with van der Waals surface area (Å²) in [4.78, 5) is 0. The zero-order valence-electron chi connectivity index (χ0n) is 9.48. The normalized spacial score (nSPS) is 10.2. The van der Waals surface area contributed by atoms with Gasteiger partial charge < -0.3 is 9.47 Å². The van der Waals surface area contributed by atoms with Crippen LogP contribution >= 0.6 is 27.3 Å². The molecule has 0 aliphatic heterocycles. The van der Waals surface area contributed by atoms with Crippen molar-refractivity contribution in [3.8, 4) is 11.5 Å². The molecule has 1 aromatic carbocycles. The van der Waals surface area contributed by atoms with Crippen LogP contribution in [0.2, 0.25) is 0 Å². The van der Waals surface area contributed by atoms with Gasteiger partial charge in [0.1, 0.15) is 11.5 Å². The Hall–Kier alpha value is -1.00. The molecule has 0 saturated heterocycles. The van der Waals surface area contributed by atoms with E-state index in [4.69, 9.17) is 9.47 Å². The van der Waals surface area contributed by atoms with Gasteiger partial charge in [-0.2, -0.15) is 11.3 Å². The Balaban J connectivity index is 1.90. The highest BCUT2D eigenvalue weighted by molar-refractivity contribution is 9.10. The van der Waals surface area contributed by atoms with Gasteiger partial charge in [-0.25, -0.2) is 0 Å². The summed E-state index contributed by atoms with van der Waals surface area (Å²) in [7, 11) is 1.65. The van der Waals surface area contributed by atoms with E-state index in [0.29, 0.717) is 6.61 Å². The van der Waals surface area contributed by atoms with E-state index in [2.05, 4.69) is 32.8 Å². The zero-order valence-corrected chi connectivity index (χ0v) is 11.9. The van der Waals surface area contributed by atoms with E-state index in [0.717, 1.165) is 22.4 Å². The van der Waals surface area contributed by atoms with Crippen LogP contribution in [-0.4, -0.2) is 13.7 Å². The Kier molecular flexibility index (Phi) is 4.45. The third kappa shape index (κ3) is 3.48. The molecule has 0 unspecified atom stereocenters. The van der Waals surface area contributed by atoms with Gasteiger partial charge in [0, 0.05) is 6.42 Å². The van der Waals surface area contributed by atoms with Crippen LogP contribution in [0.5, 0.6) is 11.5 Å². The van der Waals surface area contributed by atoms with E-state index >= 15 is 0 Å². The van der Waals surface area contributed by atoms with E-state index in [1.807, 2.05) is 18.2 Å². The third-order valence-corrected chi connectivity index (χ3v) is 3.72. The summed E-state index contributed by atoms with van der Waals surface area (Å²) < 4.78 is 11.8. The Morgan fingerprint density at radius 2 is 2.18 bits per heavy atom. The molecule has 2 nitrogen and oxygen atoms in total. The Morgan fingerprint density at radius 1 is 1.29 bits per heavy atom. The molecule has 4 heteroatoms. The van der Waals surface area contributed by atoms with Crippen molar-refractivity contribution >= 4 is 27.3 Å². The first-order valence-electron chi connectivity index (χ1n) is 5.27. The van der Waals surface area contributed by atoms with Crippen LogP contribution in [0, 0.1) is 0 Å². The van der Waals surface area contributed by atoms with Crippen LogP contribution in [0.15, 0.2) is 39.5 Å². The first kappa shape index (κ1) is 12.5. The summed E-state index contributed by atoms with van der Waals surface area (Å²) in [6.45, 7) is 0.682. The van der Waals surface area contributed by atoms with Crippen LogP contribution in [0.3, 0.4) is 0 Å². The van der Waals surface area contributed by atoms with Crippen molar-refractivity contribution in [2.45, 2.75) is 6.42 Å². The molecule has 0 aliphatic carbocycles. The van der Waals surface area contributed by atoms with Crippen LogP contribution < -0.4 is 9.47 Å². The number of benzene rings is 1. The number of thiophene rings is 1. The van der Waals surface area contributed by atoms with Crippen molar-refractivity contribution in [1.29, 1.82) is 0 Å².